The molecule has 0 saturated carbocycles. The zero-order chi connectivity index (χ0) is 22.7. The molecule has 32 heavy (non-hydrogen) atoms. The molecule has 0 radical (unpaired) electrons. The average Bonchev–Trinajstić information content (AvgIpc) is 3.27. The number of urea groups is 1. The molecule has 0 bridgehead atoms. The molecule has 1 aromatic heterocycles. The van der Waals surface area contributed by atoms with E-state index in [0.29, 0.717) is 24.0 Å². The Labute approximate surface area is 186 Å². The number of hydrogen-bond acceptors (Lipinski definition) is 4. The molecule has 1 N–H and O–H groups in total. The van der Waals surface area contributed by atoms with Gasteiger partial charge in [-0.1, -0.05) is 25.1 Å². The number of benzene rings is 2. The molecule has 2 aromatic carbocycles. The van der Waals surface area contributed by atoms with Gasteiger partial charge in [-0.15, -0.1) is 5.10 Å². The third kappa shape index (κ3) is 4.28. The summed E-state index contributed by atoms with van der Waals surface area (Å²) in [4.78, 5) is 15.1. The van der Waals surface area contributed by atoms with Crippen LogP contribution in [0.4, 0.5) is 15.0 Å². The van der Waals surface area contributed by atoms with Crippen LogP contribution in [-0.2, 0) is 0 Å². The van der Waals surface area contributed by atoms with E-state index in [9.17, 15) is 14.4 Å². The highest BCUT2D eigenvalue weighted by Gasteiger charge is 2.33. The van der Waals surface area contributed by atoms with Gasteiger partial charge >= 0.3 is 6.03 Å². The van der Waals surface area contributed by atoms with Crippen LogP contribution in [0.3, 0.4) is 0 Å². The van der Waals surface area contributed by atoms with Gasteiger partial charge in [0, 0.05) is 24.4 Å². The van der Waals surface area contributed by atoms with Crippen LogP contribution in [0.1, 0.15) is 36.9 Å². The molecule has 2 atom stereocenters. The number of rotatable bonds is 4. The summed E-state index contributed by atoms with van der Waals surface area (Å²) in [7, 11) is 1.63. The first-order valence-corrected chi connectivity index (χ1v) is 10.5. The van der Waals surface area contributed by atoms with Crippen molar-refractivity contribution in [2.24, 2.45) is 5.92 Å². The van der Waals surface area contributed by atoms with Gasteiger partial charge in [0.2, 0.25) is 0 Å². The first kappa shape index (κ1) is 21.4. The number of likely N-dealkylation sites (tertiary alicyclic amines) is 1. The van der Waals surface area contributed by atoms with Crippen LogP contribution in [0.2, 0.25) is 0 Å². The molecule has 3 aromatic rings. The normalized spacial score (nSPS) is 18.1. The number of carbonyl (C=O) groups is 1. The van der Waals surface area contributed by atoms with E-state index in [1.165, 1.54) is 16.8 Å². The van der Waals surface area contributed by atoms with Gasteiger partial charge in [-0.25, -0.2) is 13.9 Å². The summed E-state index contributed by atoms with van der Waals surface area (Å²) in [6.07, 6.45) is 3.48. The Hall–Kier alpha value is -3.86. The Morgan fingerprint density at radius 3 is 2.84 bits per heavy atom. The summed E-state index contributed by atoms with van der Waals surface area (Å²) >= 11 is 0. The van der Waals surface area contributed by atoms with Crippen molar-refractivity contribution in [3.8, 4) is 17.5 Å². The summed E-state index contributed by atoms with van der Waals surface area (Å²) < 4.78 is 20.4. The minimum atomic E-state index is -0.493. The number of amides is 2. The standard InChI is InChI=1S/C24H24FN5O2/c1-16-7-9-21(19-5-3-4-6-22(19)32-2)29(15-16)24(31)27-23-11-12-30(28-23)20-10-8-18(25)13-17(20)14-26/h3-6,8,10-13,16,21H,7,9,15H2,1-2H3,(H,27,28,31). The average molecular weight is 433 g/mol. The molecule has 164 valence electrons. The second-order valence-electron chi connectivity index (χ2n) is 7.94. The number of ether oxygens (including phenoxy) is 1. The zero-order valence-electron chi connectivity index (χ0n) is 18.0. The van der Waals surface area contributed by atoms with E-state index in [2.05, 4.69) is 17.3 Å². The lowest BCUT2D eigenvalue weighted by Gasteiger charge is -2.39. The minimum Gasteiger partial charge on any atom is -0.496 e. The summed E-state index contributed by atoms with van der Waals surface area (Å²) in [6.45, 7) is 2.75. The van der Waals surface area contributed by atoms with Crippen molar-refractivity contribution < 1.29 is 13.9 Å². The Bertz CT molecular complexity index is 1170. The van der Waals surface area contributed by atoms with Gasteiger partial charge in [0.05, 0.1) is 24.4 Å². The van der Waals surface area contributed by atoms with E-state index < -0.39 is 5.82 Å². The fourth-order valence-corrected chi connectivity index (χ4v) is 4.15. The van der Waals surface area contributed by atoms with E-state index in [4.69, 9.17) is 4.74 Å². The maximum Gasteiger partial charge on any atom is 0.323 e. The van der Waals surface area contributed by atoms with Crippen LogP contribution in [-0.4, -0.2) is 34.4 Å². The number of nitriles is 1. The first-order valence-electron chi connectivity index (χ1n) is 10.5. The number of nitrogens with zero attached hydrogens (tertiary/aromatic N) is 4. The summed E-state index contributed by atoms with van der Waals surface area (Å²) in [5.74, 6) is 0.990. The van der Waals surface area contributed by atoms with Crippen molar-refractivity contribution >= 4 is 11.8 Å². The monoisotopic (exact) mass is 433 g/mol. The van der Waals surface area contributed by atoms with Gasteiger partial charge in [-0.2, -0.15) is 5.26 Å². The Morgan fingerprint density at radius 2 is 2.06 bits per heavy atom. The van der Waals surface area contributed by atoms with Crippen molar-refractivity contribution in [2.45, 2.75) is 25.8 Å². The van der Waals surface area contributed by atoms with Gasteiger partial charge in [0.1, 0.15) is 17.6 Å². The minimum absolute atomic E-state index is 0.105. The summed E-state index contributed by atoms with van der Waals surface area (Å²) in [6, 6.07) is 14.9. The third-order valence-electron chi connectivity index (χ3n) is 5.73. The van der Waals surface area contributed by atoms with E-state index >= 15 is 0 Å². The molecule has 0 spiro atoms. The zero-order valence-corrected chi connectivity index (χ0v) is 18.0. The van der Waals surface area contributed by atoms with E-state index in [1.54, 1.807) is 19.4 Å². The molecule has 2 heterocycles. The van der Waals surface area contributed by atoms with Gasteiger partial charge in [-0.05, 0) is 43.0 Å². The molecule has 1 fully saturated rings. The van der Waals surface area contributed by atoms with Crippen LogP contribution in [0, 0.1) is 23.1 Å². The number of para-hydroxylation sites is 1. The number of methoxy groups -OCH3 is 1. The Morgan fingerprint density at radius 1 is 1.25 bits per heavy atom. The van der Waals surface area contributed by atoms with E-state index in [1.807, 2.05) is 35.2 Å². The number of halogens is 1. The maximum atomic E-state index is 13.4. The predicted octanol–water partition coefficient (Wildman–Crippen LogP) is 4.90. The predicted molar refractivity (Wildman–Crippen MR) is 118 cm³/mol. The van der Waals surface area contributed by atoms with Crippen LogP contribution in [0.25, 0.3) is 5.69 Å². The van der Waals surface area contributed by atoms with Crippen molar-refractivity contribution in [3.05, 3.63) is 71.7 Å². The Kier molecular flexibility index (Phi) is 6.08. The molecular formula is C24H24FN5O2. The topological polar surface area (TPSA) is 83.2 Å². The van der Waals surface area contributed by atoms with Crippen molar-refractivity contribution in [3.63, 3.8) is 0 Å². The number of aromatic nitrogens is 2. The van der Waals surface area contributed by atoms with Crippen LogP contribution >= 0.6 is 0 Å². The third-order valence-corrected chi connectivity index (χ3v) is 5.73. The van der Waals surface area contributed by atoms with Gasteiger partial charge in [0.25, 0.3) is 0 Å². The summed E-state index contributed by atoms with van der Waals surface area (Å²) in [5.41, 5.74) is 1.58. The molecule has 1 aliphatic heterocycles. The van der Waals surface area contributed by atoms with Crippen LogP contribution in [0.15, 0.2) is 54.7 Å². The smallest absolute Gasteiger partial charge is 0.323 e. The quantitative estimate of drug-likeness (QED) is 0.635. The van der Waals surface area contributed by atoms with Crippen LogP contribution in [0.5, 0.6) is 5.75 Å². The second-order valence-corrected chi connectivity index (χ2v) is 7.94. The van der Waals surface area contributed by atoms with Gasteiger partial charge < -0.3 is 9.64 Å². The van der Waals surface area contributed by atoms with Crippen LogP contribution < -0.4 is 10.1 Å². The molecular weight excluding hydrogens is 409 g/mol. The Balaban J connectivity index is 1.57. The highest BCUT2D eigenvalue weighted by Crippen LogP contribution is 2.37. The second kappa shape index (κ2) is 9.10. The van der Waals surface area contributed by atoms with Crippen molar-refractivity contribution in [2.75, 3.05) is 19.0 Å². The highest BCUT2D eigenvalue weighted by molar-refractivity contribution is 5.88. The molecule has 1 aliphatic rings. The number of hydrogen-bond donors (Lipinski definition) is 1. The number of nitrogens with one attached hydrogen (secondary N) is 1. The SMILES string of the molecule is COc1ccccc1C1CCC(C)CN1C(=O)Nc1ccn(-c2ccc(F)cc2C#N)n1. The lowest BCUT2D eigenvalue weighted by molar-refractivity contribution is 0.138. The fourth-order valence-electron chi connectivity index (χ4n) is 4.15. The van der Waals surface area contributed by atoms with Gasteiger partial charge in [0.15, 0.2) is 5.82 Å². The number of piperidine rings is 1. The van der Waals surface area contributed by atoms with Crippen molar-refractivity contribution in [1.82, 2.24) is 14.7 Å². The fraction of sp³-hybridized carbons (Fsp3) is 0.292. The molecule has 7 nitrogen and oxygen atoms in total. The summed E-state index contributed by atoms with van der Waals surface area (Å²) in [5, 5.41) is 16.5. The maximum absolute atomic E-state index is 13.4. The molecule has 1 saturated heterocycles. The molecule has 2 unspecified atom stereocenters. The number of anilines is 1. The lowest BCUT2D eigenvalue weighted by Crippen LogP contribution is -2.44. The number of carbonyl (C=O) groups excluding carboxylic acids is 1. The molecule has 2 amide bonds. The molecule has 8 heteroatoms. The molecule has 0 aliphatic carbocycles. The molecule has 4 rings (SSSR count). The first-order chi connectivity index (χ1) is 15.5. The highest BCUT2D eigenvalue weighted by atomic mass is 19.1. The van der Waals surface area contributed by atoms with Crippen molar-refractivity contribution in [1.29, 1.82) is 5.26 Å². The van der Waals surface area contributed by atoms with Gasteiger partial charge in [-0.3, -0.25) is 5.32 Å². The largest absolute Gasteiger partial charge is 0.496 e. The van der Waals surface area contributed by atoms with E-state index in [0.717, 1.165) is 30.2 Å². The lowest BCUT2D eigenvalue weighted by atomic mass is 9.90. The van der Waals surface area contributed by atoms with E-state index in [-0.39, 0.29) is 17.6 Å².